The van der Waals surface area contributed by atoms with Crippen LogP contribution in [0.3, 0.4) is 0 Å². The van der Waals surface area contributed by atoms with Crippen LogP contribution in [0.2, 0.25) is 0 Å². The van der Waals surface area contributed by atoms with Crippen LogP contribution in [-0.4, -0.2) is 59.2 Å². The molecule has 4 atom stereocenters. The van der Waals surface area contributed by atoms with Gasteiger partial charge >= 0.3 is 0 Å². The van der Waals surface area contributed by atoms with Gasteiger partial charge in [-0.3, -0.25) is 14.4 Å². The maximum absolute atomic E-state index is 13.5. The van der Waals surface area contributed by atoms with E-state index in [2.05, 4.69) is 35.1 Å². The van der Waals surface area contributed by atoms with Crippen LogP contribution in [0, 0.1) is 11.8 Å². The summed E-state index contributed by atoms with van der Waals surface area (Å²) in [7, 11) is 0. The van der Waals surface area contributed by atoms with Crippen molar-refractivity contribution in [2.24, 2.45) is 11.8 Å². The van der Waals surface area contributed by atoms with E-state index in [1.807, 2.05) is 36.6 Å². The van der Waals surface area contributed by atoms with E-state index in [4.69, 9.17) is 0 Å². The summed E-state index contributed by atoms with van der Waals surface area (Å²) < 4.78 is 0.820. The summed E-state index contributed by atoms with van der Waals surface area (Å²) in [5.41, 5.74) is 0.520. The first-order valence-electron chi connectivity index (χ1n) is 12.4. The molecule has 33 heavy (non-hydrogen) atoms. The molecule has 1 N–H and O–H groups in total. The van der Waals surface area contributed by atoms with Gasteiger partial charge in [-0.05, 0) is 43.9 Å². The number of carbonyl (C=O) groups is 3. The molecule has 1 aromatic carbocycles. The Kier molecular flexibility index (Phi) is 10.9. The fourth-order valence-corrected chi connectivity index (χ4v) is 4.81. The summed E-state index contributed by atoms with van der Waals surface area (Å²) in [4.78, 5) is 43.2. The van der Waals surface area contributed by atoms with Crippen LogP contribution in [0.4, 0.5) is 0 Å². The van der Waals surface area contributed by atoms with Crippen molar-refractivity contribution in [2.45, 2.75) is 78.8 Å². The molecule has 184 valence electrons. The zero-order chi connectivity index (χ0) is 24.5. The Morgan fingerprint density at radius 2 is 1.85 bits per heavy atom. The van der Waals surface area contributed by atoms with Crippen LogP contribution < -0.4 is 5.32 Å². The Hall–Kier alpha value is -1.89. The third-order valence-electron chi connectivity index (χ3n) is 6.82. The number of unbranched alkanes of at least 4 members (excludes halogenated alkanes) is 1. The minimum Gasteiger partial charge on any atom is -0.340 e. The summed E-state index contributed by atoms with van der Waals surface area (Å²) in [6.45, 7) is 11.8. The highest BCUT2D eigenvalue weighted by atomic mass is 79.9. The molecule has 1 saturated heterocycles. The van der Waals surface area contributed by atoms with Gasteiger partial charge in [0.2, 0.25) is 11.8 Å². The molecule has 1 aliphatic heterocycles. The highest BCUT2D eigenvalue weighted by Crippen LogP contribution is 2.21. The summed E-state index contributed by atoms with van der Waals surface area (Å²) in [6, 6.07) is 6.53. The van der Waals surface area contributed by atoms with Gasteiger partial charge in [-0.15, -0.1) is 0 Å². The van der Waals surface area contributed by atoms with E-state index < -0.39 is 6.04 Å². The zero-order valence-corrected chi connectivity index (χ0v) is 22.4. The Balaban J connectivity index is 2.08. The fraction of sp³-hybridized carbons (Fsp3) is 0.654. The molecular formula is C26H40BrN3O3. The molecule has 2 rings (SSSR count). The van der Waals surface area contributed by atoms with Crippen molar-refractivity contribution in [3.8, 4) is 0 Å². The Morgan fingerprint density at radius 1 is 1.12 bits per heavy atom. The molecule has 1 aliphatic rings. The SMILES string of the molecule is CCCCC(CC)C(=O)N1CCN(C(=O)C(NC(=O)c2cccc(Br)c2)C(C)CC)CC1C. The first-order valence-corrected chi connectivity index (χ1v) is 13.2. The average Bonchev–Trinajstić information content (AvgIpc) is 2.81. The van der Waals surface area contributed by atoms with E-state index in [-0.39, 0.29) is 35.6 Å². The van der Waals surface area contributed by atoms with E-state index in [1.54, 1.807) is 18.2 Å². The highest BCUT2D eigenvalue weighted by Gasteiger charge is 2.36. The van der Waals surface area contributed by atoms with E-state index in [1.165, 1.54) is 0 Å². The molecule has 1 aromatic rings. The molecule has 3 amide bonds. The molecule has 1 fully saturated rings. The smallest absolute Gasteiger partial charge is 0.251 e. The standard InChI is InChI=1S/C26H40BrN3O3/c1-6-9-11-20(8-3)25(32)30-15-14-29(17-19(30)5)26(33)23(18(4)7-2)28-24(31)21-12-10-13-22(27)16-21/h10,12-13,16,18-20,23H,6-9,11,14-15,17H2,1-5H3,(H,28,31). The van der Waals surface area contributed by atoms with E-state index in [0.717, 1.165) is 36.6 Å². The minimum absolute atomic E-state index is 0.00193. The van der Waals surface area contributed by atoms with Crippen molar-refractivity contribution in [1.29, 1.82) is 0 Å². The lowest BCUT2D eigenvalue weighted by molar-refractivity contribution is -0.146. The number of halogens is 1. The first kappa shape index (κ1) is 27.4. The lowest BCUT2D eigenvalue weighted by atomic mass is 9.95. The monoisotopic (exact) mass is 521 g/mol. The highest BCUT2D eigenvalue weighted by molar-refractivity contribution is 9.10. The topological polar surface area (TPSA) is 69.7 Å². The van der Waals surface area contributed by atoms with Gasteiger partial charge in [-0.25, -0.2) is 0 Å². The van der Waals surface area contributed by atoms with Crippen LogP contribution in [-0.2, 0) is 9.59 Å². The van der Waals surface area contributed by atoms with Crippen LogP contribution in [0.25, 0.3) is 0 Å². The summed E-state index contributed by atoms with van der Waals surface area (Å²) in [5.74, 6) is -0.0377. The summed E-state index contributed by atoms with van der Waals surface area (Å²) >= 11 is 3.40. The second-order valence-corrected chi connectivity index (χ2v) is 10.2. The molecule has 1 heterocycles. The minimum atomic E-state index is -0.594. The van der Waals surface area contributed by atoms with E-state index in [0.29, 0.717) is 25.2 Å². The molecule has 0 bridgehead atoms. The number of hydrogen-bond acceptors (Lipinski definition) is 3. The summed E-state index contributed by atoms with van der Waals surface area (Å²) in [5, 5.41) is 2.98. The Bertz CT molecular complexity index is 816. The molecule has 0 saturated carbocycles. The van der Waals surface area contributed by atoms with Gasteiger partial charge in [-0.2, -0.15) is 0 Å². The molecular weight excluding hydrogens is 482 g/mol. The Labute approximate surface area is 207 Å². The van der Waals surface area contributed by atoms with Gasteiger partial charge in [0.1, 0.15) is 6.04 Å². The molecule has 0 aliphatic carbocycles. The largest absolute Gasteiger partial charge is 0.340 e. The lowest BCUT2D eigenvalue weighted by Crippen LogP contribution is -2.60. The zero-order valence-electron chi connectivity index (χ0n) is 20.8. The van der Waals surface area contributed by atoms with Crippen molar-refractivity contribution in [3.63, 3.8) is 0 Å². The second-order valence-electron chi connectivity index (χ2n) is 9.26. The predicted molar refractivity (Wildman–Crippen MR) is 136 cm³/mol. The molecule has 7 heteroatoms. The summed E-state index contributed by atoms with van der Waals surface area (Å²) in [6.07, 6.45) is 4.70. The lowest BCUT2D eigenvalue weighted by Gasteiger charge is -2.42. The van der Waals surface area contributed by atoms with Gasteiger partial charge in [0, 0.05) is 41.6 Å². The third kappa shape index (κ3) is 7.29. The quantitative estimate of drug-likeness (QED) is 0.477. The molecule has 0 aromatic heterocycles. The van der Waals surface area contributed by atoms with Gasteiger partial charge in [0.25, 0.3) is 5.91 Å². The molecule has 0 spiro atoms. The van der Waals surface area contributed by atoms with Crippen molar-refractivity contribution < 1.29 is 14.4 Å². The van der Waals surface area contributed by atoms with Gasteiger partial charge in [-0.1, -0.05) is 69.0 Å². The number of nitrogens with zero attached hydrogens (tertiary/aromatic N) is 2. The maximum Gasteiger partial charge on any atom is 0.251 e. The Morgan fingerprint density at radius 3 is 2.42 bits per heavy atom. The number of nitrogens with one attached hydrogen (secondary N) is 1. The average molecular weight is 523 g/mol. The number of hydrogen-bond donors (Lipinski definition) is 1. The van der Waals surface area contributed by atoms with Crippen molar-refractivity contribution in [3.05, 3.63) is 34.3 Å². The van der Waals surface area contributed by atoms with Crippen LogP contribution in [0.15, 0.2) is 28.7 Å². The fourth-order valence-electron chi connectivity index (χ4n) is 4.41. The maximum atomic E-state index is 13.5. The number of carbonyl (C=O) groups excluding carboxylic acids is 3. The van der Waals surface area contributed by atoms with Crippen molar-refractivity contribution in [1.82, 2.24) is 15.1 Å². The van der Waals surface area contributed by atoms with Crippen LogP contribution in [0.5, 0.6) is 0 Å². The first-order chi connectivity index (χ1) is 15.7. The normalized spacial score (nSPS) is 19.0. The predicted octanol–water partition coefficient (Wildman–Crippen LogP) is 4.87. The third-order valence-corrected chi connectivity index (χ3v) is 7.32. The van der Waals surface area contributed by atoms with Gasteiger partial charge in [0.05, 0.1) is 0 Å². The van der Waals surface area contributed by atoms with Gasteiger partial charge in [0.15, 0.2) is 0 Å². The number of rotatable bonds is 10. The van der Waals surface area contributed by atoms with Gasteiger partial charge < -0.3 is 15.1 Å². The number of piperazine rings is 1. The molecule has 0 radical (unpaired) electrons. The van der Waals surface area contributed by atoms with Crippen LogP contribution in [0.1, 0.15) is 77.1 Å². The molecule has 6 nitrogen and oxygen atoms in total. The van der Waals surface area contributed by atoms with Crippen LogP contribution >= 0.6 is 15.9 Å². The van der Waals surface area contributed by atoms with E-state index >= 15 is 0 Å². The number of amides is 3. The second kappa shape index (κ2) is 13.1. The van der Waals surface area contributed by atoms with E-state index in [9.17, 15) is 14.4 Å². The van der Waals surface area contributed by atoms with Crippen molar-refractivity contribution >= 4 is 33.7 Å². The number of benzene rings is 1. The van der Waals surface area contributed by atoms with Crippen molar-refractivity contribution in [2.75, 3.05) is 19.6 Å². The molecule has 4 unspecified atom stereocenters.